The van der Waals surface area contributed by atoms with Crippen molar-refractivity contribution in [3.8, 4) is 0 Å². The molecule has 0 aromatic carbocycles. The molecule has 1 unspecified atom stereocenters. The van der Waals surface area contributed by atoms with E-state index in [2.05, 4.69) is 5.32 Å². The molecule has 0 saturated carbocycles. The molecule has 4 nitrogen and oxygen atoms in total. The normalized spacial score (nSPS) is 13.3. The van der Waals surface area contributed by atoms with E-state index in [1.807, 2.05) is 20.8 Å². The minimum atomic E-state index is -0.856. The van der Waals surface area contributed by atoms with Crippen LogP contribution in [0.15, 0.2) is 0 Å². The molecule has 0 aliphatic carbocycles. The summed E-state index contributed by atoms with van der Waals surface area (Å²) >= 11 is 0. The Morgan fingerprint density at radius 1 is 1.33 bits per heavy atom. The minimum Gasteiger partial charge on any atom is -0.481 e. The molecule has 1 atom stereocenters. The molecule has 0 rings (SSSR count). The van der Waals surface area contributed by atoms with Gasteiger partial charge in [0, 0.05) is 18.4 Å². The number of carbonyl (C=O) groups excluding carboxylic acids is 1. The maximum absolute atomic E-state index is 11.5. The van der Waals surface area contributed by atoms with Crippen LogP contribution in [0, 0.1) is 5.92 Å². The van der Waals surface area contributed by atoms with E-state index >= 15 is 0 Å². The molecule has 0 spiro atoms. The topological polar surface area (TPSA) is 66.4 Å². The first-order chi connectivity index (χ1) is 6.76. The van der Waals surface area contributed by atoms with Crippen LogP contribution in [0.5, 0.6) is 0 Å². The average molecular weight is 215 g/mol. The van der Waals surface area contributed by atoms with Crippen LogP contribution >= 0.6 is 0 Å². The number of hydrogen-bond acceptors (Lipinski definition) is 2. The lowest BCUT2D eigenvalue weighted by atomic mass is 9.99. The molecule has 88 valence electrons. The second-order valence-electron chi connectivity index (χ2n) is 4.69. The molecule has 0 heterocycles. The molecule has 0 aliphatic heterocycles. The third kappa shape index (κ3) is 6.94. The highest BCUT2D eigenvalue weighted by Crippen LogP contribution is 2.11. The largest absolute Gasteiger partial charge is 0.481 e. The third-order valence-corrected chi connectivity index (χ3v) is 2.42. The molecular weight excluding hydrogens is 194 g/mol. The van der Waals surface area contributed by atoms with Gasteiger partial charge in [-0.3, -0.25) is 9.59 Å². The van der Waals surface area contributed by atoms with Gasteiger partial charge >= 0.3 is 5.97 Å². The van der Waals surface area contributed by atoms with Crippen LogP contribution in [0.25, 0.3) is 0 Å². The first-order valence-corrected chi connectivity index (χ1v) is 5.29. The van der Waals surface area contributed by atoms with Gasteiger partial charge in [0.25, 0.3) is 0 Å². The fraction of sp³-hybridized carbons (Fsp3) is 0.818. The van der Waals surface area contributed by atoms with Gasteiger partial charge in [-0.2, -0.15) is 0 Å². The van der Waals surface area contributed by atoms with Gasteiger partial charge in [-0.1, -0.05) is 13.8 Å². The predicted molar refractivity (Wildman–Crippen MR) is 58.5 cm³/mol. The number of aliphatic carboxylic acids is 1. The summed E-state index contributed by atoms with van der Waals surface area (Å²) in [5.74, 6) is -1.05. The maximum atomic E-state index is 11.5. The van der Waals surface area contributed by atoms with Crippen molar-refractivity contribution in [2.75, 3.05) is 0 Å². The van der Waals surface area contributed by atoms with Crippen LogP contribution in [0.4, 0.5) is 0 Å². The Labute approximate surface area is 91.1 Å². The Balaban J connectivity index is 3.98. The zero-order valence-corrected chi connectivity index (χ0v) is 9.96. The quantitative estimate of drug-likeness (QED) is 0.710. The number of carboxylic acids is 1. The van der Waals surface area contributed by atoms with E-state index in [1.54, 1.807) is 6.92 Å². The van der Waals surface area contributed by atoms with Crippen molar-refractivity contribution in [3.63, 3.8) is 0 Å². The predicted octanol–water partition coefficient (Wildman–Crippen LogP) is 1.79. The maximum Gasteiger partial charge on any atom is 0.303 e. The van der Waals surface area contributed by atoms with Crippen molar-refractivity contribution < 1.29 is 14.7 Å². The smallest absolute Gasteiger partial charge is 0.303 e. The number of amides is 1. The zero-order valence-electron chi connectivity index (χ0n) is 9.96. The van der Waals surface area contributed by atoms with Gasteiger partial charge in [-0.15, -0.1) is 0 Å². The molecule has 2 N–H and O–H groups in total. The van der Waals surface area contributed by atoms with E-state index in [-0.39, 0.29) is 30.2 Å². The lowest BCUT2D eigenvalue weighted by Gasteiger charge is -2.25. The summed E-state index contributed by atoms with van der Waals surface area (Å²) in [5.41, 5.74) is -0.208. The Hall–Kier alpha value is -1.06. The van der Waals surface area contributed by atoms with Gasteiger partial charge in [0.05, 0.1) is 0 Å². The zero-order chi connectivity index (χ0) is 12.1. The van der Waals surface area contributed by atoms with E-state index in [9.17, 15) is 9.59 Å². The molecule has 0 fully saturated rings. The molecule has 0 saturated heterocycles. The molecule has 1 amide bonds. The highest BCUT2D eigenvalue weighted by molar-refractivity contribution is 5.77. The molecular formula is C11H21NO3. The van der Waals surface area contributed by atoms with Crippen molar-refractivity contribution in [1.29, 1.82) is 0 Å². The Kier molecular flexibility index (Phi) is 5.33. The Bertz CT molecular complexity index is 236. The van der Waals surface area contributed by atoms with Gasteiger partial charge in [0.15, 0.2) is 0 Å². The van der Waals surface area contributed by atoms with Crippen molar-refractivity contribution in [1.82, 2.24) is 5.32 Å². The van der Waals surface area contributed by atoms with Crippen molar-refractivity contribution in [2.24, 2.45) is 5.92 Å². The van der Waals surface area contributed by atoms with Crippen LogP contribution in [-0.2, 0) is 9.59 Å². The van der Waals surface area contributed by atoms with Crippen molar-refractivity contribution in [2.45, 2.75) is 52.5 Å². The van der Waals surface area contributed by atoms with E-state index in [1.165, 1.54) is 0 Å². The van der Waals surface area contributed by atoms with E-state index < -0.39 is 5.97 Å². The lowest BCUT2D eigenvalue weighted by Crippen LogP contribution is -2.43. The molecule has 0 bridgehead atoms. The summed E-state index contributed by atoms with van der Waals surface area (Å²) < 4.78 is 0. The summed E-state index contributed by atoms with van der Waals surface area (Å²) in [6.45, 7) is 7.67. The Morgan fingerprint density at radius 3 is 2.27 bits per heavy atom. The fourth-order valence-corrected chi connectivity index (χ4v) is 1.20. The van der Waals surface area contributed by atoms with E-state index in [4.69, 9.17) is 5.11 Å². The number of hydrogen-bond donors (Lipinski definition) is 2. The number of nitrogens with one attached hydrogen (secondary N) is 1. The van der Waals surface area contributed by atoms with Gasteiger partial charge in [0.2, 0.25) is 5.91 Å². The van der Waals surface area contributed by atoms with Gasteiger partial charge < -0.3 is 10.4 Å². The molecule has 0 radical (unpaired) electrons. The molecule has 0 aromatic rings. The van der Waals surface area contributed by atoms with Crippen LogP contribution in [-0.4, -0.2) is 22.5 Å². The summed E-state index contributed by atoms with van der Waals surface area (Å²) in [5, 5.41) is 11.4. The molecule has 4 heteroatoms. The van der Waals surface area contributed by atoms with Crippen LogP contribution < -0.4 is 5.32 Å². The standard InChI is InChI=1S/C11H21NO3/c1-5-11(3,4)12-9(13)6-8(2)7-10(14)15/h8H,5-7H2,1-4H3,(H,12,13)(H,14,15). The van der Waals surface area contributed by atoms with E-state index in [0.717, 1.165) is 6.42 Å². The summed E-state index contributed by atoms with van der Waals surface area (Å²) in [4.78, 5) is 21.9. The minimum absolute atomic E-state index is 0.0416. The second kappa shape index (κ2) is 5.73. The summed E-state index contributed by atoms with van der Waals surface area (Å²) in [6, 6.07) is 0. The highest BCUT2D eigenvalue weighted by Gasteiger charge is 2.19. The second-order valence-corrected chi connectivity index (χ2v) is 4.69. The van der Waals surface area contributed by atoms with Crippen LogP contribution in [0.3, 0.4) is 0 Å². The van der Waals surface area contributed by atoms with E-state index in [0.29, 0.717) is 0 Å². The first-order valence-electron chi connectivity index (χ1n) is 5.29. The highest BCUT2D eigenvalue weighted by atomic mass is 16.4. The first kappa shape index (κ1) is 13.9. The Morgan fingerprint density at radius 2 is 1.87 bits per heavy atom. The monoisotopic (exact) mass is 215 g/mol. The van der Waals surface area contributed by atoms with Crippen LogP contribution in [0.2, 0.25) is 0 Å². The molecule has 15 heavy (non-hydrogen) atoms. The van der Waals surface area contributed by atoms with Gasteiger partial charge in [0.1, 0.15) is 0 Å². The van der Waals surface area contributed by atoms with Gasteiger partial charge in [-0.25, -0.2) is 0 Å². The van der Waals surface area contributed by atoms with Gasteiger partial charge in [-0.05, 0) is 26.2 Å². The average Bonchev–Trinajstić information content (AvgIpc) is 2.00. The van der Waals surface area contributed by atoms with Crippen LogP contribution in [0.1, 0.15) is 47.0 Å². The summed E-state index contributed by atoms with van der Waals surface area (Å²) in [7, 11) is 0. The molecule has 0 aliphatic rings. The summed E-state index contributed by atoms with van der Waals surface area (Å²) in [6.07, 6.45) is 1.17. The van der Waals surface area contributed by atoms with Crippen molar-refractivity contribution in [3.05, 3.63) is 0 Å². The number of carbonyl (C=O) groups is 2. The number of carboxylic acid groups (broad SMARTS) is 1. The fourth-order valence-electron chi connectivity index (χ4n) is 1.20. The number of rotatable bonds is 6. The lowest BCUT2D eigenvalue weighted by molar-refractivity contribution is -0.138. The van der Waals surface area contributed by atoms with Crippen molar-refractivity contribution >= 4 is 11.9 Å². The SMILES string of the molecule is CCC(C)(C)NC(=O)CC(C)CC(=O)O. The third-order valence-electron chi connectivity index (χ3n) is 2.42. The molecule has 0 aromatic heterocycles.